The molecule has 0 saturated carbocycles. The summed E-state index contributed by atoms with van der Waals surface area (Å²) in [5.41, 5.74) is 0. The molecule has 0 radical (unpaired) electrons. The van der Waals surface area contributed by atoms with Crippen LogP contribution in [0.25, 0.3) is 0 Å². The van der Waals surface area contributed by atoms with Crippen molar-refractivity contribution in [2.24, 2.45) is 5.92 Å². The lowest BCUT2D eigenvalue weighted by molar-refractivity contribution is -0.130. The number of thiophene rings is 1. The molecule has 0 unspecified atom stereocenters. The number of rotatable bonds is 4. The SMILES string of the molecule is O=C(Cc1ccco1)N1C[C@H]2CN(Cc3cccs3)CCO[C@H]2C1. The Balaban J connectivity index is 1.36. The highest BCUT2D eigenvalue weighted by Crippen LogP contribution is 2.25. The number of hydrogen-bond acceptors (Lipinski definition) is 5. The van der Waals surface area contributed by atoms with Gasteiger partial charge in [0, 0.05) is 43.5 Å². The second-order valence-corrected chi connectivity index (χ2v) is 7.57. The molecule has 5 nitrogen and oxygen atoms in total. The molecular weight excluding hydrogens is 324 g/mol. The van der Waals surface area contributed by atoms with Crippen molar-refractivity contribution in [2.45, 2.75) is 19.1 Å². The van der Waals surface area contributed by atoms with Gasteiger partial charge in [-0.05, 0) is 23.6 Å². The fourth-order valence-corrected chi connectivity index (χ4v) is 4.35. The quantitative estimate of drug-likeness (QED) is 0.852. The maximum absolute atomic E-state index is 12.5. The number of carbonyl (C=O) groups is 1. The standard InChI is InChI=1S/C18H22N2O3S/c21-18(9-15-3-1-6-22-15)20-11-14-10-19(5-7-23-17(14)13-20)12-16-4-2-8-24-16/h1-4,6,8,14,17H,5,7,9-13H2/t14-,17+/m1/s1. The predicted molar refractivity (Wildman–Crippen MR) is 91.8 cm³/mol. The van der Waals surface area contributed by atoms with E-state index in [4.69, 9.17) is 9.15 Å². The smallest absolute Gasteiger partial charge is 0.230 e. The van der Waals surface area contributed by atoms with E-state index in [1.54, 1.807) is 17.6 Å². The third kappa shape index (κ3) is 3.55. The number of hydrogen-bond donors (Lipinski definition) is 0. The maximum atomic E-state index is 12.5. The van der Waals surface area contributed by atoms with E-state index >= 15 is 0 Å². The molecule has 128 valence electrons. The van der Waals surface area contributed by atoms with Crippen molar-refractivity contribution >= 4 is 17.2 Å². The van der Waals surface area contributed by atoms with Gasteiger partial charge < -0.3 is 14.1 Å². The molecule has 0 spiro atoms. The second-order valence-electron chi connectivity index (χ2n) is 6.54. The largest absolute Gasteiger partial charge is 0.469 e. The molecule has 2 saturated heterocycles. The molecule has 2 aliphatic rings. The third-order valence-corrected chi connectivity index (χ3v) is 5.69. The first-order chi connectivity index (χ1) is 11.8. The van der Waals surface area contributed by atoms with Gasteiger partial charge in [0.25, 0.3) is 0 Å². The zero-order valence-electron chi connectivity index (χ0n) is 13.6. The predicted octanol–water partition coefficient (Wildman–Crippen LogP) is 2.24. The number of fused-ring (bicyclic) bond motifs is 1. The van der Waals surface area contributed by atoms with Crippen LogP contribution in [0, 0.1) is 5.92 Å². The van der Waals surface area contributed by atoms with Crippen molar-refractivity contribution < 1.29 is 13.9 Å². The molecule has 2 fully saturated rings. The van der Waals surface area contributed by atoms with Crippen LogP contribution in [0.5, 0.6) is 0 Å². The Morgan fingerprint density at radius 1 is 1.25 bits per heavy atom. The third-order valence-electron chi connectivity index (χ3n) is 4.83. The van der Waals surface area contributed by atoms with E-state index in [1.165, 1.54) is 4.88 Å². The van der Waals surface area contributed by atoms with E-state index < -0.39 is 0 Å². The lowest BCUT2D eigenvalue weighted by Gasteiger charge is -2.22. The van der Waals surface area contributed by atoms with Gasteiger partial charge in [-0.15, -0.1) is 11.3 Å². The van der Waals surface area contributed by atoms with E-state index in [2.05, 4.69) is 22.4 Å². The fraction of sp³-hybridized carbons (Fsp3) is 0.500. The van der Waals surface area contributed by atoms with Crippen LogP contribution in [0.3, 0.4) is 0 Å². The summed E-state index contributed by atoms with van der Waals surface area (Å²) >= 11 is 1.80. The molecule has 1 amide bonds. The molecule has 0 aromatic carbocycles. The molecule has 24 heavy (non-hydrogen) atoms. The topological polar surface area (TPSA) is 45.9 Å². The van der Waals surface area contributed by atoms with Gasteiger partial charge in [0.1, 0.15) is 5.76 Å². The number of amides is 1. The average molecular weight is 346 g/mol. The first-order valence-corrected chi connectivity index (χ1v) is 9.32. The molecule has 2 aromatic heterocycles. The summed E-state index contributed by atoms with van der Waals surface area (Å²) in [6, 6.07) is 7.96. The van der Waals surface area contributed by atoms with Crippen LogP contribution in [0.15, 0.2) is 40.3 Å². The minimum absolute atomic E-state index is 0.131. The van der Waals surface area contributed by atoms with Gasteiger partial charge in [0.05, 0.1) is 25.4 Å². The lowest BCUT2D eigenvalue weighted by atomic mass is 10.1. The molecule has 4 rings (SSSR count). The Bertz CT molecular complexity index is 656. The van der Waals surface area contributed by atoms with Gasteiger partial charge in [-0.1, -0.05) is 6.07 Å². The average Bonchev–Trinajstić information content (AvgIpc) is 3.29. The maximum Gasteiger partial charge on any atom is 0.230 e. The van der Waals surface area contributed by atoms with Crippen LogP contribution in [0.4, 0.5) is 0 Å². The Labute approximate surface area is 145 Å². The number of furan rings is 1. The van der Waals surface area contributed by atoms with Crippen LogP contribution in [0.1, 0.15) is 10.6 Å². The first-order valence-electron chi connectivity index (χ1n) is 8.44. The summed E-state index contributed by atoms with van der Waals surface area (Å²) in [5, 5.41) is 2.12. The molecule has 2 atom stereocenters. The summed E-state index contributed by atoms with van der Waals surface area (Å²) in [4.78, 5) is 18.3. The lowest BCUT2D eigenvalue weighted by Crippen LogP contribution is -2.34. The molecule has 2 aliphatic heterocycles. The Hall–Kier alpha value is -1.63. The number of likely N-dealkylation sites (tertiary alicyclic amines) is 1. The van der Waals surface area contributed by atoms with E-state index in [0.29, 0.717) is 18.9 Å². The van der Waals surface area contributed by atoms with E-state index in [1.807, 2.05) is 17.0 Å². The van der Waals surface area contributed by atoms with Crippen LogP contribution in [-0.2, 0) is 22.5 Å². The molecule has 0 aliphatic carbocycles. The van der Waals surface area contributed by atoms with Crippen molar-refractivity contribution in [3.63, 3.8) is 0 Å². The number of ether oxygens (including phenoxy) is 1. The first kappa shape index (κ1) is 15.9. The van der Waals surface area contributed by atoms with Gasteiger partial charge in [-0.25, -0.2) is 0 Å². The van der Waals surface area contributed by atoms with Crippen molar-refractivity contribution in [1.29, 1.82) is 0 Å². The summed E-state index contributed by atoms with van der Waals surface area (Å²) in [7, 11) is 0. The molecule has 0 N–H and O–H groups in total. The highest BCUT2D eigenvalue weighted by Gasteiger charge is 2.38. The van der Waals surface area contributed by atoms with E-state index in [-0.39, 0.29) is 12.0 Å². The summed E-state index contributed by atoms with van der Waals surface area (Å²) in [6.07, 6.45) is 2.12. The molecule has 0 bridgehead atoms. The van der Waals surface area contributed by atoms with Crippen molar-refractivity contribution in [3.05, 3.63) is 46.5 Å². The Morgan fingerprint density at radius 2 is 2.21 bits per heavy atom. The highest BCUT2D eigenvalue weighted by molar-refractivity contribution is 7.09. The Morgan fingerprint density at radius 3 is 3.00 bits per heavy atom. The van der Waals surface area contributed by atoms with Crippen LogP contribution >= 0.6 is 11.3 Å². The van der Waals surface area contributed by atoms with Crippen LogP contribution in [-0.4, -0.2) is 54.6 Å². The monoisotopic (exact) mass is 346 g/mol. The summed E-state index contributed by atoms with van der Waals surface area (Å²) in [5.74, 6) is 1.26. The fourth-order valence-electron chi connectivity index (χ4n) is 3.61. The van der Waals surface area contributed by atoms with Gasteiger partial charge in [0.15, 0.2) is 0 Å². The van der Waals surface area contributed by atoms with E-state index in [9.17, 15) is 4.79 Å². The molecule has 6 heteroatoms. The summed E-state index contributed by atoms with van der Waals surface area (Å²) in [6.45, 7) is 5.16. The minimum atomic E-state index is 0.131. The van der Waals surface area contributed by atoms with E-state index in [0.717, 1.165) is 38.5 Å². The normalized spacial score (nSPS) is 24.8. The van der Waals surface area contributed by atoms with Gasteiger partial charge in [-0.2, -0.15) is 0 Å². The van der Waals surface area contributed by atoms with Crippen molar-refractivity contribution in [2.75, 3.05) is 32.8 Å². The highest BCUT2D eigenvalue weighted by atomic mass is 32.1. The van der Waals surface area contributed by atoms with Crippen molar-refractivity contribution in [3.8, 4) is 0 Å². The van der Waals surface area contributed by atoms with Gasteiger partial charge in [-0.3, -0.25) is 9.69 Å². The van der Waals surface area contributed by atoms with Crippen LogP contribution in [0.2, 0.25) is 0 Å². The molecular formula is C18H22N2O3S. The van der Waals surface area contributed by atoms with Gasteiger partial charge >= 0.3 is 0 Å². The molecule has 4 heterocycles. The van der Waals surface area contributed by atoms with Gasteiger partial charge in [0.2, 0.25) is 5.91 Å². The Kier molecular flexibility index (Phi) is 4.69. The second kappa shape index (κ2) is 7.09. The number of nitrogens with zero attached hydrogens (tertiary/aromatic N) is 2. The summed E-state index contributed by atoms with van der Waals surface area (Å²) < 4.78 is 11.3. The minimum Gasteiger partial charge on any atom is -0.469 e. The zero-order valence-corrected chi connectivity index (χ0v) is 14.4. The van der Waals surface area contributed by atoms with Crippen molar-refractivity contribution in [1.82, 2.24) is 9.80 Å². The molecule has 2 aromatic rings. The number of carbonyl (C=O) groups excluding carboxylic acids is 1. The van der Waals surface area contributed by atoms with Crippen LogP contribution < -0.4 is 0 Å². The zero-order chi connectivity index (χ0) is 16.4.